The van der Waals surface area contributed by atoms with E-state index < -0.39 is 17.9 Å². The summed E-state index contributed by atoms with van der Waals surface area (Å²) in [5, 5.41) is 4.08. The molecule has 0 unspecified atom stereocenters. The van der Waals surface area contributed by atoms with Crippen LogP contribution in [0.2, 0.25) is 0 Å². The Balaban J connectivity index is 2.09. The molecule has 2 N–H and O–H groups in total. The van der Waals surface area contributed by atoms with Crippen molar-refractivity contribution in [3.63, 3.8) is 0 Å². The maximum atomic E-state index is 13.4. The zero-order valence-corrected chi connectivity index (χ0v) is 12.7. The number of nitrogens with zero attached hydrogens (tertiary/aromatic N) is 4. The quantitative estimate of drug-likeness (QED) is 0.796. The first-order valence-corrected chi connectivity index (χ1v) is 7.16. The van der Waals surface area contributed by atoms with E-state index in [9.17, 15) is 13.2 Å². The molecule has 0 amide bonds. The fourth-order valence-corrected chi connectivity index (χ4v) is 2.35. The molecule has 0 saturated carbocycles. The number of hydrogen-bond donors (Lipinski definition) is 1. The lowest BCUT2D eigenvalue weighted by atomic mass is 10.1. The van der Waals surface area contributed by atoms with Crippen molar-refractivity contribution in [1.29, 1.82) is 0 Å². The summed E-state index contributed by atoms with van der Waals surface area (Å²) in [4.78, 5) is 7.88. The van der Waals surface area contributed by atoms with E-state index in [0.717, 1.165) is 16.3 Å². The van der Waals surface area contributed by atoms with Gasteiger partial charge < -0.3 is 5.73 Å². The van der Waals surface area contributed by atoms with Crippen LogP contribution in [-0.4, -0.2) is 19.7 Å². The van der Waals surface area contributed by atoms with Gasteiger partial charge in [0.15, 0.2) is 5.82 Å². The maximum Gasteiger partial charge on any atom is 0.433 e. The molecule has 1 atom stereocenters. The van der Waals surface area contributed by atoms with Crippen LogP contribution in [0.5, 0.6) is 0 Å². The number of aromatic nitrogens is 4. The van der Waals surface area contributed by atoms with Crippen molar-refractivity contribution in [3.05, 3.63) is 60.0 Å². The van der Waals surface area contributed by atoms with Crippen LogP contribution in [0.1, 0.15) is 24.2 Å². The molecular weight excluding hydrogens is 319 g/mol. The number of halogens is 3. The van der Waals surface area contributed by atoms with Crippen LogP contribution in [0.3, 0.4) is 0 Å². The summed E-state index contributed by atoms with van der Waals surface area (Å²) >= 11 is 0. The molecule has 0 bridgehead atoms. The molecule has 2 aromatic heterocycles. The van der Waals surface area contributed by atoms with Crippen LogP contribution in [-0.2, 0) is 6.18 Å². The summed E-state index contributed by atoms with van der Waals surface area (Å²) in [6, 6.07) is 9.21. The fraction of sp³-hybridized carbons (Fsp3) is 0.188. The van der Waals surface area contributed by atoms with Crippen molar-refractivity contribution in [2.45, 2.75) is 19.1 Å². The molecule has 0 aliphatic rings. The zero-order chi connectivity index (χ0) is 17.3. The standard InChI is InChI=1S/C16H14F3N5/c1-10(11-5-3-2-4-6-11)24-14(16(17,18)19)7-13(23-24)15-21-8-12(20)9-22-15/h2-10H,20H2,1H3/t10-/m0/s1. The number of hydrogen-bond acceptors (Lipinski definition) is 4. The highest BCUT2D eigenvalue weighted by Crippen LogP contribution is 2.34. The molecule has 1 aromatic carbocycles. The van der Waals surface area contributed by atoms with E-state index >= 15 is 0 Å². The van der Waals surface area contributed by atoms with Gasteiger partial charge in [0.05, 0.1) is 24.1 Å². The van der Waals surface area contributed by atoms with E-state index in [1.807, 2.05) is 0 Å². The number of nitrogens with two attached hydrogens (primary N) is 1. The van der Waals surface area contributed by atoms with Gasteiger partial charge in [0.25, 0.3) is 0 Å². The average molecular weight is 333 g/mol. The van der Waals surface area contributed by atoms with E-state index in [4.69, 9.17) is 5.73 Å². The number of anilines is 1. The van der Waals surface area contributed by atoms with Crippen molar-refractivity contribution < 1.29 is 13.2 Å². The van der Waals surface area contributed by atoms with Gasteiger partial charge in [-0.25, -0.2) is 9.97 Å². The van der Waals surface area contributed by atoms with Gasteiger partial charge in [-0.05, 0) is 18.6 Å². The van der Waals surface area contributed by atoms with Crippen LogP contribution < -0.4 is 5.73 Å². The van der Waals surface area contributed by atoms with Crippen molar-refractivity contribution >= 4 is 5.69 Å². The summed E-state index contributed by atoms with van der Waals surface area (Å²) in [6.07, 6.45) is -1.88. The lowest BCUT2D eigenvalue weighted by Gasteiger charge is -2.17. The summed E-state index contributed by atoms with van der Waals surface area (Å²) < 4.78 is 41.1. The second-order valence-corrected chi connectivity index (χ2v) is 5.28. The molecule has 2 heterocycles. The average Bonchev–Trinajstić information content (AvgIpc) is 3.01. The van der Waals surface area contributed by atoms with Crippen molar-refractivity contribution in [1.82, 2.24) is 19.7 Å². The number of nitrogen functional groups attached to an aromatic ring is 1. The smallest absolute Gasteiger partial charge is 0.396 e. The lowest BCUT2D eigenvalue weighted by Crippen LogP contribution is -2.18. The molecule has 0 aliphatic heterocycles. The van der Waals surface area contributed by atoms with E-state index in [-0.39, 0.29) is 11.5 Å². The molecule has 3 rings (SSSR count). The molecule has 5 nitrogen and oxygen atoms in total. The number of rotatable bonds is 3. The Hall–Kier alpha value is -2.90. The summed E-state index contributed by atoms with van der Waals surface area (Å²) in [7, 11) is 0. The third-order valence-electron chi connectivity index (χ3n) is 3.58. The lowest BCUT2D eigenvalue weighted by molar-refractivity contribution is -0.144. The molecule has 8 heteroatoms. The van der Waals surface area contributed by atoms with Gasteiger partial charge in [0.2, 0.25) is 0 Å². The second kappa shape index (κ2) is 5.95. The molecule has 0 fully saturated rings. The maximum absolute atomic E-state index is 13.4. The minimum absolute atomic E-state index is 0.0464. The Bertz CT molecular complexity index is 825. The molecule has 24 heavy (non-hydrogen) atoms. The first-order valence-electron chi connectivity index (χ1n) is 7.16. The molecule has 0 saturated heterocycles. The van der Waals surface area contributed by atoms with Gasteiger partial charge >= 0.3 is 6.18 Å². The van der Waals surface area contributed by atoms with Gasteiger partial charge in [-0.1, -0.05) is 30.3 Å². The topological polar surface area (TPSA) is 69.6 Å². The summed E-state index contributed by atoms with van der Waals surface area (Å²) in [5.41, 5.74) is 5.74. The molecular formula is C16H14F3N5. The molecule has 0 aliphatic carbocycles. The molecule has 0 radical (unpaired) electrons. The first-order chi connectivity index (χ1) is 11.4. The molecule has 0 spiro atoms. The van der Waals surface area contributed by atoms with Crippen molar-refractivity contribution in [2.24, 2.45) is 0 Å². The minimum Gasteiger partial charge on any atom is -0.396 e. The Labute approximate surface area is 136 Å². The molecule has 124 valence electrons. The van der Waals surface area contributed by atoms with Crippen molar-refractivity contribution in [3.8, 4) is 11.5 Å². The zero-order valence-electron chi connectivity index (χ0n) is 12.7. The normalized spacial score (nSPS) is 13.0. The van der Waals surface area contributed by atoms with E-state index in [2.05, 4.69) is 15.1 Å². The van der Waals surface area contributed by atoms with E-state index in [1.54, 1.807) is 37.3 Å². The highest BCUT2D eigenvalue weighted by atomic mass is 19.4. The van der Waals surface area contributed by atoms with Crippen LogP contribution in [0.4, 0.5) is 18.9 Å². The van der Waals surface area contributed by atoms with Crippen LogP contribution >= 0.6 is 0 Å². The van der Waals surface area contributed by atoms with Crippen LogP contribution in [0.15, 0.2) is 48.8 Å². The van der Waals surface area contributed by atoms with Gasteiger partial charge in [0.1, 0.15) is 11.4 Å². The van der Waals surface area contributed by atoms with Gasteiger partial charge in [0, 0.05) is 0 Å². The minimum atomic E-state index is -4.54. The number of alkyl halides is 3. The number of benzene rings is 1. The second-order valence-electron chi connectivity index (χ2n) is 5.28. The monoisotopic (exact) mass is 333 g/mol. The Morgan fingerprint density at radius 3 is 2.29 bits per heavy atom. The Morgan fingerprint density at radius 2 is 1.71 bits per heavy atom. The predicted molar refractivity (Wildman–Crippen MR) is 82.9 cm³/mol. The van der Waals surface area contributed by atoms with Crippen LogP contribution in [0, 0.1) is 0 Å². The molecule has 3 aromatic rings. The predicted octanol–water partition coefficient (Wildman–Crippen LogP) is 3.55. The largest absolute Gasteiger partial charge is 0.433 e. The highest BCUT2D eigenvalue weighted by Gasteiger charge is 2.37. The Kier molecular flexibility index (Phi) is 3.96. The van der Waals surface area contributed by atoms with E-state index in [0.29, 0.717) is 5.69 Å². The SMILES string of the molecule is C[C@@H](c1ccccc1)n1nc(-c2ncc(N)cn2)cc1C(F)(F)F. The summed E-state index contributed by atoms with van der Waals surface area (Å²) in [6.45, 7) is 1.66. The van der Waals surface area contributed by atoms with Gasteiger partial charge in [-0.2, -0.15) is 18.3 Å². The van der Waals surface area contributed by atoms with Crippen LogP contribution in [0.25, 0.3) is 11.5 Å². The third kappa shape index (κ3) is 3.08. The highest BCUT2D eigenvalue weighted by molar-refractivity contribution is 5.51. The third-order valence-corrected chi connectivity index (χ3v) is 3.58. The first kappa shape index (κ1) is 16.0. The van der Waals surface area contributed by atoms with E-state index in [1.165, 1.54) is 12.4 Å². The summed E-state index contributed by atoms with van der Waals surface area (Å²) in [5.74, 6) is 0.0914. The fourth-order valence-electron chi connectivity index (χ4n) is 2.35. The van der Waals surface area contributed by atoms with Crippen molar-refractivity contribution in [2.75, 3.05) is 5.73 Å². The van der Waals surface area contributed by atoms with Gasteiger partial charge in [-0.15, -0.1) is 0 Å². The Morgan fingerprint density at radius 1 is 1.08 bits per heavy atom. The van der Waals surface area contributed by atoms with Gasteiger partial charge in [-0.3, -0.25) is 4.68 Å².